The number of halogens is 3. The summed E-state index contributed by atoms with van der Waals surface area (Å²) in [5.74, 6) is 0.594. The summed E-state index contributed by atoms with van der Waals surface area (Å²) >= 11 is 0. The highest BCUT2D eigenvalue weighted by Gasteiger charge is 2.42. The van der Waals surface area contributed by atoms with Gasteiger partial charge in [0.05, 0.1) is 29.5 Å². The van der Waals surface area contributed by atoms with Crippen LogP contribution in [0.4, 0.5) is 12.9 Å². The fourth-order valence-electron chi connectivity index (χ4n) is 8.62. The molecule has 2 aliphatic heterocycles. The van der Waals surface area contributed by atoms with E-state index in [1.807, 2.05) is 46.8 Å². The molecule has 456 valence electrons. The summed E-state index contributed by atoms with van der Waals surface area (Å²) < 4.78 is 72.0. The summed E-state index contributed by atoms with van der Waals surface area (Å²) in [7, 11) is -3.67. The van der Waals surface area contributed by atoms with Crippen molar-refractivity contribution in [1.82, 2.24) is 0 Å². The second kappa shape index (κ2) is 37.1. The first-order chi connectivity index (χ1) is 37.4. The number of carbonyl (C=O) groups excluding carboxylic acids is 3. The van der Waals surface area contributed by atoms with Crippen molar-refractivity contribution in [3.05, 3.63) is 132 Å². The molecule has 2 aromatic carbocycles. The Balaban J connectivity index is 0.00000113. The summed E-state index contributed by atoms with van der Waals surface area (Å²) in [6.07, 6.45) is 18.0. The maximum Gasteiger partial charge on any atom is 0.762 e. The third kappa shape index (κ3) is 32.9. The van der Waals surface area contributed by atoms with Crippen LogP contribution in [0.5, 0.6) is 0 Å². The van der Waals surface area contributed by atoms with Crippen molar-refractivity contribution in [1.29, 1.82) is 0 Å². The first kappa shape index (κ1) is 76.6. The molecule has 0 N–H and O–H groups in total. The van der Waals surface area contributed by atoms with Crippen molar-refractivity contribution in [2.75, 3.05) is 13.2 Å². The molecule has 7 atom stereocenters. The number of fused-ring (bicyclic) bond motifs is 2. The molecule has 0 radical (unpaired) electrons. The predicted molar refractivity (Wildman–Crippen MR) is 325 cm³/mol. The molecule has 10 nitrogen and oxygen atoms in total. The van der Waals surface area contributed by atoms with Crippen LogP contribution >= 0.6 is 0 Å². The van der Waals surface area contributed by atoms with Crippen molar-refractivity contribution >= 4 is 26.4 Å². The number of unbranched alkanes of at least 4 members (excludes halogenated alkanes) is 1. The molecule has 0 saturated heterocycles. The van der Waals surface area contributed by atoms with Crippen molar-refractivity contribution in [3.63, 3.8) is 0 Å². The van der Waals surface area contributed by atoms with Gasteiger partial charge in [0, 0.05) is 55.4 Å². The van der Waals surface area contributed by atoms with Crippen molar-refractivity contribution in [3.8, 4) is 0 Å². The minimum Gasteiger partial charge on any atom is -0.382 e. The maximum absolute atomic E-state index is 10.2. The van der Waals surface area contributed by atoms with E-state index in [-0.39, 0.29) is 58.5 Å². The predicted octanol–water partition coefficient (Wildman–Crippen LogP) is 18.4. The Hall–Kier alpha value is -4.37. The molecule has 0 bridgehead atoms. The van der Waals surface area contributed by atoms with Gasteiger partial charge in [0.2, 0.25) is 6.29 Å². The van der Waals surface area contributed by atoms with E-state index in [1.54, 1.807) is 24.3 Å². The van der Waals surface area contributed by atoms with E-state index in [2.05, 4.69) is 166 Å². The Bertz CT molecular complexity index is 2180. The highest BCUT2D eigenvalue weighted by molar-refractivity contribution is 6.33. The van der Waals surface area contributed by atoms with Gasteiger partial charge in [0.25, 0.3) is 0 Å². The van der Waals surface area contributed by atoms with E-state index in [1.165, 1.54) is 17.5 Å². The standard InChI is InChI=1S/C29H50O3.C21H32O3.C8H5O2.C5H8O.C4H10O.BF3/c1-26(2,3)19-20(27(4,5)6)17-18-23(32-29(10,11)12)30-25-22-16-14-13-15-21(22)24(31-25)28(7,8)9;1-8-9-14-17(24-21(5,6)7)22-19-16-13-11-10-12-15(16)18(23-19)20(2,3)4;9-5-7-3-1-2-4-8(7)6-10;1-2-3-4-5-6;1-3-5-4-2;2-1(3)4/h13-16,20,23-25H,17-19H2,1-12H3;8,10-13,17-19H,1,9,14H2,2-7H3;1-3,5-6H;2,5H,1,3-4H2;3-4H2,1-2H3;/q;;+1;;;. The monoisotopic (exact) mass is 1140 g/mol. The lowest BCUT2D eigenvalue weighted by molar-refractivity contribution is -0.286. The average molecular weight is 1140 g/mol. The SMILES string of the molecule is C=CCCC(OC1OC(C(C)(C)C)c2ccccc21)OC(C)(C)C.C=CCCC=O.CC(C)(C)CC(CCC(OC1OC(C(C)(C)C)c2ccccc21)OC(C)(C)C)C(C)(C)C.CCOCC.FB(F)F.O=CC1=[C+]C=CC=C1C=O. The van der Waals surface area contributed by atoms with Gasteiger partial charge in [0.1, 0.15) is 11.9 Å². The highest BCUT2D eigenvalue weighted by Crippen LogP contribution is 2.50. The normalized spacial score (nSPS) is 18.5. The number of aldehydes is 3. The number of carbonyl (C=O) groups is 3. The zero-order valence-corrected chi connectivity index (χ0v) is 53.4. The van der Waals surface area contributed by atoms with E-state index >= 15 is 0 Å². The van der Waals surface area contributed by atoms with Gasteiger partial charge >= 0.3 is 7.54 Å². The number of benzene rings is 2. The molecule has 14 heteroatoms. The number of hydrogen-bond acceptors (Lipinski definition) is 10. The summed E-state index contributed by atoms with van der Waals surface area (Å²) in [5, 5.41) is 0. The van der Waals surface area contributed by atoms with Gasteiger partial charge < -0.3 is 38.0 Å². The van der Waals surface area contributed by atoms with Gasteiger partial charge in [-0.1, -0.05) is 144 Å². The summed E-state index contributed by atoms with van der Waals surface area (Å²) in [4.78, 5) is 29.9. The van der Waals surface area contributed by atoms with Crippen LogP contribution in [0.25, 0.3) is 0 Å². The third-order valence-electron chi connectivity index (χ3n) is 12.2. The van der Waals surface area contributed by atoms with E-state index in [9.17, 15) is 27.3 Å². The first-order valence-electron chi connectivity index (χ1n) is 28.6. The van der Waals surface area contributed by atoms with Crippen LogP contribution in [0, 0.1) is 33.7 Å². The van der Waals surface area contributed by atoms with Crippen LogP contribution in [0.15, 0.2) is 103 Å². The smallest absolute Gasteiger partial charge is 0.382 e. The Morgan fingerprint density at radius 3 is 1.32 bits per heavy atom. The van der Waals surface area contributed by atoms with Gasteiger partial charge in [-0.3, -0.25) is 17.7 Å². The lowest BCUT2D eigenvalue weighted by Crippen LogP contribution is -2.33. The number of allylic oxidation sites excluding steroid dienone is 8. The zero-order chi connectivity index (χ0) is 62.4. The number of hydrogen-bond donors (Lipinski definition) is 0. The molecule has 2 heterocycles. The topological polar surface area (TPSA) is 116 Å². The van der Waals surface area contributed by atoms with E-state index < -0.39 is 13.8 Å². The summed E-state index contributed by atoms with van der Waals surface area (Å²) in [6, 6.07) is 16.8. The number of rotatable bonds is 20. The van der Waals surface area contributed by atoms with Gasteiger partial charge in [-0.15, -0.1) is 13.2 Å². The first-order valence-corrected chi connectivity index (χ1v) is 28.6. The van der Waals surface area contributed by atoms with Gasteiger partial charge in [0.15, 0.2) is 37.0 Å². The van der Waals surface area contributed by atoms with Crippen LogP contribution < -0.4 is 0 Å². The van der Waals surface area contributed by atoms with Gasteiger partial charge in [-0.25, -0.2) is 4.79 Å². The molecule has 0 spiro atoms. The summed E-state index contributed by atoms with van der Waals surface area (Å²) in [5.41, 5.74) is 5.40. The molecule has 7 unspecified atom stereocenters. The Morgan fingerprint density at radius 2 is 1.02 bits per heavy atom. The quantitative estimate of drug-likeness (QED) is 0.0317. The third-order valence-corrected chi connectivity index (χ3v) is 12.2. The molecule has 81 heavy (non-hydrogen) atoms. The fraction of sp³-hybridized carbons (Fsp3) is 0.627. The van der Waals surface area contributed by atoms with Crippen LogP contribution in [-0.2, 0) is 47.5 Å². The molecule has 0 amide bonds. The molecule has 0 saturated carbocycles. The largest absolute Gasteiger partial charge is 0.762 e. The van der Waals surface area contributed by atoms with E-state index in [0.717, 1.165) is 62.7 Å². The molecule has 5 rings (SSSR count). The van der Waals surface area contributed by atoms with E-state index in [4.69, 9.17) is 33.2 Å². The van der Waals surface area contributed by atoms with Crippen LogP contribution in [0.3, 0.4) is 0 Å². The maximum atomic E-state index is 10.2. The number of ether oxygens (including phenoxy) is 7. The molecule has 2 aromatic rings. The van der Waals surface area contributed by atoms with Crippen LogP contribution in [0.2, 0.25) is 0 Å². The second-order valence-corrected chi connectivity index (χ2v) is 26.4. The van der Waals surface area contributed by atoms with Gasteiger partial charge in [-0.2, -0.15) is 0 Å². The Morgan fingerprint density at radius 1 is 0.605 bits per heavy atom. The molecular weight excluding hydrogens is 1030 g/mol. The minimum atomic E-state index is -3.67. The van der Waals surface area contributed by atoms with Gasteiger partial charge in [-0.05, 0) is 126 Å². The Kier molecular flexibility index (Phi) is 35.1. The van der Waals surface area contributed by atoms with Crippen molar-refractivity contribution < 1.29 is 60.5 Å². The zero-order valence-electron chi connectivity index (χ0n) is 53.4. The molecular formula is C67H105BF3O10+. The molecule has 0 aromatic heterocycles. The van der Waals surface area contributed by atoms with Crippen LogP contribution in [0.1, 0.15) is 230 Å². The van der Waals surface area contributed by atoms with Crippen molar-refractivity contribution in [2.45, 2.75) is 232 Å². The van der Waals surface area contributed by atoms with E-state index in [0.29, 0.717) is 41.5 Å². The lowest BCUT2D eigenvalue weighted by Gasteiger charge is -2.37. The second-order valence-electron chi connectivity index (χ2n) is 26.4. The Labute approximate surface area is 489 Å². The van der Waals surface area contributed by atoms with Crippen LogP contribution in [-0.4, -0.2) is 63.4 Å². The summed E-state index contributed by atoms with van der Waals surface area (Å²) in [6.45, 7) is 52.6. The fourth-order valence-corrected chi connectivity index (χ4v) is 8.62. The molecule has 1 aliphatic carbocycles. The molecule has 0 fully saturated rings. The lowest BCUT2D eigenvalue weighted by atomic mass is 9.70. The highest BCUT2D eigenvalue weighted by atomic mass is 19.4. The molecule has 3 aliphatic rings. The minimum absolute atomic E-state index is 0.00136. The average Bonchev–Trinajstić information content (AvgIpc) is 3.92. The van der Waals surface area contributed by atoms with Crippen molar-refractivity contribution in [2.24, 2.45) is 27.6 Å².